The number of benzene rings is 6. The zero-order chi connectivity index (χ0) is 37.2. The number of rotatable bonds is 9. The molecule has 0 saturated heterocycles. The number of aromatic nitrogens is 3. The summed E-state index contributed by atoms with van der Waals surface area (Å²) in [5.74, 6) is 1.29. The average Bonchev–Trinajstić information content (AvgIpc) is 3.85. The zero-order valence-corrected chi connectivity index (χ0v) is 31.6. The molecule has 7 heteroatoms. The first-order valence-corrected chi connectivity index (χ1v) is 19.1. The molecule has 2 heterocycles. The van der Waals surface area contributed by atoms with Gasteiger partial charge in [-0.3, -0.25) is 4.57 Å². The van der Waals surface area contributed by atoms with E-state index in [4.69, 9.17) is 9.97 Å². The Morgan fingerprint density at radius 2 is 0.909 bits per heavy atom. The summed E-state index contributed by atoms with van der Waals surface area (Å²) in [6.07, 6.45) is 3.64. The van der Waals surface area contributed by atoms with Gasteiger partial charge in [-0.25, -0.2) is 9.97 Å². The van der Waals surface area contributed by atoms with Gasteiger partial charge >= 0.3 is 0 Å². The van der Waals surface area contributed by atoms with E-state index in [1.54, 1.807) is 0 Å². The molecule has 0 radical (unpaired) electrons. The van der Waals surface area contributed by atoms with Crippen LogP contribution in [0.4, 0.5) is 22.7 Å². The van der Waals surface area contributed by atoms with Crippen LogP contribution in [0.15, 0.2) is 140 Å². The summed E-state index contributed by atoms with van der Waals surface area (Å²) in [4.78, 5) is 14.1. The second-order valence-electron chi connectivity index (χ2n) is 14.8. The highest BCUT2D eigenvalue weighted by molar-refractivity contribution is 6.11. The Hall–Kier alpha value is -6.28. The Balaban J connectivity index is 1.05. The molecule has 2 aliphatic carbocycles. The number of fused-ring (bicyclic) bond motifs is 9. The fourth-order valence-electron chi connectivity index (χ4n) is 9.19. The van der Waals surface area contributed by atoms with Gasteiger partial charge < -0.3 is 20.4 Å². The molecule has 7 nitrogen and oxygen atoms in total. The Bertz CT molecular complexity index is 2580. The van der Waals surface area contributed by atoms with Crippen LogP contribution < -0.4 is 20.4 Å². The molecule has 2 aromatic heterocycles. The van der Waals surface area contributed by atoms with Gasteiger partial charge in [-0.2, -0.15) is 0 Å². The van der Waals surface area contributed by atoms with Crippen molar-refractivity contribution >= 4 is 44.6 Å². The van der Waals surface area contributed by atoms with Crippen LogP contribution in [-0.2, 0) is 0 Å². The number of hydrogen-bond acceptors (Lipinski definition) is 6. The highest BCUT2D eigenvalue weighted by Crippen LogP contribution is 2.48. The fourth-order valence-corrected chi connectivity index (χ4v) is 9.19. The lowest BCUT2D eigenvalue weighted by molar-refractivity contribution is 0.720. The number of nitrogens with one attached hydrogen (secondary N) is 2. The minimum Gasteiger partial charge on any atom is -0.345 e. The van der Waals surface area contributed by atoms with Crippen LogP contribution in [0.25, 0.3) is 50.0 Å². The normalized spacial score (nSPS) is 15.2. The maximum atomic E-state index is 4.77. The summed E-state index contributed by atoms with van der Waals surface area (Å²) in [7, 11) is 8.39. The Morgan fingerprint density at radius 1 is 0.491 bits per heavy atom. The predicted octanol–water partition coefficient (Wildman–Crippen LogP) is 9.77. The first-order chi connectivity index (χ1) is 27.0. The second-order valence-corrected chi connectivity index (χ2v) is 14.8. The van der Waals surface area contributed by atoms with E-state index in [1.165, 1.54) is 44.5 Å². The highest BCUT2D eigenvalue weighted by Gasteiger charge is 2.30. The minimum absolute atomic E-state index is 0.319. The standard InChI is InChI=1S/C48H43N7/c1-49-28-44-36-12-7-5-10-34(36)38-18-14-30(24-42(38)44)53(3)32-16-20-40-41-21-17-33(27-47(41)55(46(40)26-32)48-51-22-9-23-52-48)54(4)31-15-19-39-35-11-6-8-13-37(35)45(29-50-2)43(39)25-31/h5-27,44-45,49-50H,28-29H2,1-4H3. The summed E-state index contributed by atoms with van der Waals surface area (Å²) < 4.78 is 2.21. The molecule has 55 heavy (non-hydrogen) atoms. The first-order valence-electron chi connectivity index (χ1n) is 19.1. The van der Waals surface area contributed by atoms with Gasteiger partial charge in [0.15, 0.2) is 0 Å². The fraction of sp³-hybridized carbons (Fsp3) is 0.167. The third-order valence-corrected chi connectivity index (χ3v) is 11.9. The van der Waals surface area contributed by atoms with Crippen molar-refractivity contribution in [2.45, 2.75) is 11.8 Å². The SMILES string of the molecule is CNCC1c2ccccc2-c2ccc(N(C)c3ccc4c5ccc(N(C)c6ccc7c(c6)C(CNC)c6ccccc6-7)cc5n(-c5ncccn5)c4c3)cc21. The second kappa shape index (κ2) is 13.2. The van der Waals surface area contributed by atoms with E-state index in [-0.39, 0.29) is 0 Å². The van der Waals surface area contributed by atoms with Gasteiger partial charge in [0.1, 0.15) is 0 Å². The molecule has 0 saturated carbocycles. The van der Waals surface area contributed by atoms with E-state index < -0.39 is 0 Å². The summed E-state index contributed by atoms with van der Waals surface area (Å²) in [6.45, 7) is 1.80. The molecule has 2 unspecified atom stereocenters. The molecular weight excluding hydrogens is 675 g/mol. The van der Waals surface area contributed by atoms with Crippen LogP contribution in [0.2, 0.25) is 0 Å². The lowest BCUT2D eigenvalue weighted by atomic mass is 9.96. The molecule has 0 amide bonds. The van der Waals surface area contributed by atoms with Gasteiger partial charge in [-0.1, -0.05) is 72.8 Å². The van der Waals surface area contributed by atoms with Crippen molar-refractivity contribution in [2.24, 2.45) is 0 Å². The van der Waals surface area contributed by atoms with Crippen molar-refractivity contribution in [3.05, 3.63) is 162 Å². The Morgan fingerprint density at radius 3 is 1.38 bits per heavy atom. The van der Waals surface area contributed by atoms with E-state index >= 15 is 0 Å². The van der Waals surface area contributed by atoms with E-state index in [0.717, 1.165) is 57.6 Å². The van der Waals surface area contributed by atoms with Crippen molar-refractivity contribution < 1.29 is 0 Å². The predicted molar refractivity (Wildman–Crippen MR) is 228 cm³/mol. The molecule has 10 rings (SSSR count). The van der Waals surface area contributed by atoms with Gasteiger partial charge in [0.05, 0.1) is 11.0 Å². The van der Waals surface area contributed by atoms with Gasteiger partial charge in [0.2, 0.25) is 5.95 Å². The minimum atomic E-state index is 0.319. The summed E-state index contributed by atoms with van der Waals surface area (Å²) in [6, 6.07) is 46.9. The molecule has 0 spiro atoms. The first kappa shape index (κ1) is 33.3. The molecule has 0 fully saturated rings. The summed E-state index contributed by atoms with van der Waals surface area (Å²) in [5.41, 5.74) is 17.5. The number of hydrogen-bond donors (Lipinski definition) is 2. The third-order valence-electron chi connectivity index (χ3n) is 11.9. The summed E-state index contributed by atoms with van der Waals surface area (Å²) >= 11 is 0. The molecule has 0 bridgehead atoms. The van der Waals surface area contributed by atoms with Gasteiger partial charge in [-0.15, -0.1) is 0 Å². The van der Waals surface area contributed by atoms with E-state index in [9.17, 15) is 0 Å². The summed E-state index contributed by atoms with van der Waals surface area (Å²) in [5, 5.41) is 9.19. The van der Waals surface area contributed by atoms with E-state index in [1.807, 2.05) is 32.6 Å². The van der Waals surface area contributed by atoms with Gasteiger partial charge in [-0.05, 0) is 113 Å². The molecule has 2 aliphatic rings. The van der Waals surface area contributed by atoms with Gasteiger partial charge in [0, 0.05) is 84.9 Å². The topological polar surface area (TPSA) is 61.2 Å². The monoisotopic (exact) mass is 717 g/mol. The van der Waals surface area contributed by atoms with Crippen LogP contribution in [-0.4, -0.2) is 55.8 Å². The van der Waals surface area contributed by atoms with Crippen LogP contribution in [0, 0.1) is 0 Å². The van der Waals surface area contributed by atoms with Crippen molar-refractivity contribution in [3.63, 3.8) is 0 Å². The maximum absolute atomic E-state index is 4.77. The van der Waals surface area contributed by atoms with Crippen molar-refractivity contribution in [1.29, 1.82) is 0 Å². The number of likely N-dealkylation sites (N-methyl/N-ethyl adjacent to an activating group) is 2. The van der Waals surface area contributed by atoms with Crippen molar-refractivity contribution in [1.82, 2.24) is 25.2 Å². The maximum Gasteiger partial charge on any atom is 0.234 e. The molecule has 6 aromatic carbocycles. The van der Waals surface area contributed by atoms with E-state index in [0.29, 0.717) is 17.8 Å². The Labute approximate surface area is 321 Å². The van der Waals surface area contributed by atoms with Crippen molar-refractivity contribution in [3.8, 4) is 28.2 Å². The molecule has 270 valence electrons. The quantitative estimate of drug-likeness (QED) is 0.155. The molecule has 8 aromatic rings. The lowest BCUT2D eigenvalue weighted by Crippen LogP contribution is -2.17. The molecule has 2 N–H and O–H groups in total. The molecular formula is C48H43N7. The van der Waals surface area contributed by atoms with Crippen LogP contribution in [0.5, 0.6) is 0 Å². The zero-order valence-electron chi connectivity index (χ0n) is 31.6. The van der Waals surface area contributed by atoms with Crippen LogP contribution >= 0.6 is 0 Å². The largest absolute Gasteiger partial charge is 0.345 e. The molecule has 0 aliphatic heterocycles. The van der Waals surface area contributed by atoms with Crippen LogP contribution in [0.3, 0.4) is 0 Å². The molecule has 2 atom stereocenters. The number of anilines is 4. The Kier molecular flexibility index (Phi) is 8.01. The van der Waals surface area contributed by atoms with E-state index in [2.05, 4.69) is 160 Å². The lowest BCUT2D eigenvalue weighted by Gasteiger charge is -2.22. The average molecular weight is 718 g/mol. The highest BCUT2D eigenvalue weighted by atomic mass is 15.2. The van der Waals surface area contributed by atoms with Crippen LogP contribution in [0.1, 0.15) is 34.1 Å². The van der Waals surface area contributed by atoms with Crippen molar-refractivity contribution in [2.75, 3.05) is 51.1 Å². The van der Waals surface area contributed by atoms with Gasteiger partial charge in [0.25, 0.3) is 0 Å². The number of nitrogens with zero attached hydrogens (tertiary/aromatic N) is 5. The smallest absolute Gasteiger partial charge is 0.234 e. The third kappa shape index (κ3) is 5.26.